The molecule has 0 unspecified atom stereocenters. The van der Waals surface area contributed by atoms with Crippen LogP contribution in [0.25, 0.3) is 0 Å². The Morgan fingerprint density at radius 3 is 3.00 bits per heavy atom. The van der Waals surface area contributed by atoms with E-state index in [1.165, 1.54) is 12.8 Å². The van der Waals surface area contributed by atoms with Gasteiger partial charge in [-0.05, 0) is 12.8 Å². The predicted octanol–water partition coefficient (Wildman–Crippen LogP) is 2.48. The van der Waals surface area contributed by atoms with E-state index in [1.807, 2.05) is 6.20 Å². The Hall–Kier alpha value is -0.700. The highest BCUT2D eigenvalue weighted by Crippen LogP contribution is 1.98. The van der Waals surface area contributed by atoms with Gasteiger partial charge in [0, 0.05) is 6.20 Å². The molecule has 0 atom stereocenters. The van der Waals surface area contributed by atoms with Crippen molar-refractivity contribution in [2.24, 2.45) is 0 Å². The van der Waals surface area contributed by atoms with Gasteiger partial charge in [-0.1, -0.05) is 25.6 Å². The molecule has 0 saturated heterocycles. The zero-order chi connectivity index (χ0) is 8.10. The van der Waals surface area contributed by atoms with Crippen LogP contribution in [0.15, 0.2) is 12.4 Å². The second-order valence-corrected chi connectivity index (χ2v) is 2.95. The monoisotopic (exact) mass is 168 g/mol. The lowest BCUT2D eigenvalue weighted by atomic mass is 10.2. The van der Waals surface area contributed by atoms with E-state index in [9.17, 15) is 0 Å². The van der Waals surface area contributed by atoms with Gasteiger partial charge < -0.3 is 4.98 Å². The SMILES string of the molecule is CCCCc1c[nH]c(=S)cn1. The zero-order valence-electron chi connectivity index (χ0n) is 6.63. The van der Waals surface area contributed by atoms with Crippen molar-refractivity contribution < 1.29 is 0 Å². The van der Waals surface area contributed by atoms with Crippen LogP contribution in [0.4, 0.5) is 0 Å². The van der Waals surface area contributed by atoms with Crippen LogP contribution in [-0.4, -0.2) is 9.97 Å². The highest BCUT2D eigenvalue weighted by Gasteiger charge is 1.90. The summed E-state index contributed by atoms with van der Waals surface area (Å²) in [7, 11) is 0. The van der Waals surface area contributed by atoms with Crippen molar-refractivity contribution in [3.8, 4) is 0 Å². The minimum atomic E-state index is 0.699. The lowest BCUT2D eigenvalue weighted by molar-refractivity contribution is 0.771. The predicted molar refractivity (Wildman–Crippen MR) is 48.0 cm³/mol. The molecule has 1 N–H and O–H groups in total. The number of aryl methyl sites for hydroxylation is 1. The summed E-state index contributed by atoms with van der Waals surface area (Å²) in [6, 6.07) is 0. The molecule has 11 heavy (non-hydrogen) atoms. The number of rotatable bonds is 3. The first kappa shape index (κ1) is 8.40. The van der Waals surface area contributed by atoms with Gasteiger partial charge in [0.05, 0.1) is 11.9 Å². The second-order valence-electron chi connectivity index (χ2n) is 2.51. The molecular formula is C8H12N2S. The van der Waals surface area contributed by atoms with Crippen molar-refractivity contribution in [2.75, 3.05) is 0 Å². The Morgan fingerprint density at radius 2 is 2.45 bits per heavy atom. The molecule has 0 aliphatic heterocycles. The van der Waals surface area contributed by atoms with E-state index in [1.54, 1.807) is 6.20 Å². The molecule has 0 aromatic carbocycles. The van der Waals surface area contributed by atoms with Crippen LogP contribution < -0.4 is 0 Å². The Bertz CT molecular complexity index is 247. The molecule has 0 amide bonds. The fraction of sp³-hybridized carbons (Fsp3) is 0.500. The van der Waals surface area contributed by atoms with E-state index >= 15 is 0 Å². The average molecular weight is 168 g/mol. The van der Waals surface area contributed by atoms with Crippen LogP contribution in [0, 0.1) is 4.64 Å². The third kappa shape index (κ3) is 2.80. The number of unbranched alkanes of at least 4 members (excludes halogenated alkanes) is 1. The van der Waals surface area contributed by atoms with Gasteiger partial charge in [0.25, 0.3) is 0 Å². The van der Waals surface area contributed by atoms with Crippen LogP contribution in [-0.2, 0) is 6.42 Å². The van der Waals surface area contributed by atoms with Crippen molar-refractivity contribution in [3.63, 3.8) is 0 Å². The quantitative estimate of drug-likeness (QED) is 0.702. The van der Waals surface area contributed by atoms with Crippen molar-refractivity contribution in [2.45, 2.75) is 26.2 Å². The molecule has 1 aromatic heterocycles. The lowest BCUT2D eigenvalue weighted by Crippen LogP contribution is -1.90. The van der Waals surface area contributed by atoms with Crippen molar-refractivity contribution in [3.05, 3.63) is 22.7 Å². The molecule has 0 aliphatic rings. The summed E-state index contributed by atoms with van der Waals surface area (Å²) in [5, 5.41) is 0. The maximum atomic E-state index is 4.87. The summed E-state index contributed by atoms with van der Waals surface area (Å²) in [4.78, 5) is 7.14. The summed E-state index contributed by atoms with van der Waals surface area (Å²) < 4.78 is 0.699. The fourth-order valence-corrected chi connectivity index (χ4v) is 0.977. The molecular weight excluding hydrogens is 156 g/mol. The first-order valence-corrected chi connectivity index (χ1v) is 4.27. The third-order valence-corrected chi connectivity index (χ3v) is 1.74. The summed E-state index contributed by atoms with van der Waals surface area (Å²) in [6.07, 6.45) is 7.02. The van der Waals surface area contributed by atoms with E-state index in [0.29, 0.717) is 4.64 Å². The van der Waals surface area contributed by atoms with E-state index in [-0.39, 0.29) is 0 Å². The fourth-order valence-electron chi connectivity index (χ4n) is 0.865. The number of aromatic amines is 1. The second kappa shape index (κ2) is 4.23. The molecule has 0 radical (unpaired) electrons. The molecule has 0 aliphatic carbocycles. The molecule has 60 valence electrons. The molecule has 0 saturated carbocycles. The molecule has 0 spiro atoms. The first-order valence-electron chi connectivity index (χ1n) is 3.86. The van der Waals surface area contributed by atoms with Gasteiger partial charge in [-0.2, -0.15) is 0 Å². The molecule has 2 nitrogen and oxygen atoms in total. The average Bonchev–Trinajstić information content (AvgIpc) is 2.04. The lowest BCUT2D eigenvalue weighted by Gasteiger charge is -1.96. The maximum Gasteiger partial charge on any atom is 0.121 e. The molecule has 1 rings (SSSR count). The van der Waals surface area contributed by atoms with Crippen molar-refractivity contribution in [1.29, 1.82) is 0 Å². The highest BCUT2D eigenvalue weighted by atomic mass is 32.1. The minimum absolute atomic E-state index is 0.699. The topological polar surface area (TPSA) is 28.7 Å². The Morgan fingerprint density at radius 1 is 1.64 bits per heavy atom. The Balaban J connectivity index is 2.59. The van der Waals surface area contributed by atoms with Gasteiger partial charge in [0.2, 0.25) is 0 Å². The van der Waals surface area contributed by atoms with Crippen LogP contribution >= 0.6 is 12.2 Å². The van der Waals surface area contributed by atoms with Gasteiger partial charge in [-0.25, -0.2) is 0 Å². The molecule has 0 bridgehead atoms. The van der Waals surface area contributed by atoms with E-state index in [4.69, 9.17) is 12.2 Å². The standard InChI is InChI=1S/C8H12N2S/c1-2-3-4-7-5-10-8(11)6-9-7/h5-6H,2-4H2,1H3,(H,10,11). The van der Waals surface area contributed by atoms with Crippen molar-refractivity contribution in [1.82, 2.24) is 9.97 Å². The van der Waals surface area contributed by atoms with Crippen LogP contribution in [0.5, 0.6) is 0 Å². The molecule has 1 aromatic rings. The van der Waals surface area contributed by atoms with Crippen LogP contribution in [0.3, 0.4) is 0 Å². The summed E-state index contributed by atoms with van der Waals surface area (Å²) in [5.41, 5.74) is 1.10. The number of H-pyrrole nitrogens is 1. The van der Waals surface area contributed by atoms with Gasteiger partial charge in [0.1, 0.15) is 4.64 Å². The molecule has 1 heterocycles. The smallest absolute Gasteiger partial charge is 0.121 e. The summed E-state index contributed by atoms with van der Waals surface area (Å²) in [5.74, 6) is 0. The summed E-state index contributed by atoms with van der Waals surface area (Å²) in [6.45, 7) is 2.17. The minimum Gasteiger partial charge on any atom is -0.350 e. The normalized spacial score (nSPS) is 9.91. The third-order valence-electron chi connectivity index (χ3n) is 1.52. The zero-order valence-corrected chi connectivity index (χ0v) is 7.45. The number of aromatic nitrogens is 2. The van der Waals surface area contributed by atoms with Gasteiger partial charge in [-0.3, -0.25) is 4.98 Å². The summed E-state index contributed by atoms with van der Waals surface area (Å²) >= 11 is 4.87. The van der Waals surface area contributed by atoms with E-state index in [2.05, 4.69) is 16.9 Å². The van der Waals surface area contributed by atoms with Gasteiger partial charge in [0.15, 0.2) is 0 Å². The number of hydrogen-bond acceptors (Lipinski definition) is 2. The van der Waals surface area contributed by atoms with E-state index < -0.39 is 0 Å². The van der Waals surface area contributed by atoms with E-state index in [0.717, 1.165) is 12.1 Å². The first-order chi connectivity index (χ1) is 5.33. The molecule has 3 heteroatoms. The highest BCUT2D eigenvalue weighted by molar-refractivity contribution is 7.71. The Kier molecular flexibility index (Phi) is 3.23. The maximum absolute atomic E-state index is 4.87. The Labute approximate surface area is 71.7 Å². The van der Waals surface area contributed by atoms with Gasteiger partial charge >= 0.3 is 0 Å². The van der Waals surface area contributed by atoms with Crippen molar-refractivity contribution >= 4 is 12.2 Å². The van der Waals surface area contributed by atoms with Crippen LogP contribution in [0.2, 0.25) is 0 Å². The van der Waals surface area contributed by atoms with Crippen LogP contribution in [0.1, 0.15) is 25.5 Å². The van der Waals surface area contributed by atoms with Gasteiger partial charge in [-0.15, -0.1) is 0 Å². The number of nitrogens with zero attached hydrogens (tertiary/aromatic N) is 1. The number of nitrogens with one attached hydrogen (secondary N) is 1. The number of hydrogen-bond donors (Lipinski definition) is 1. The molecule has 0 fully saturated rings. The largest absolute Gasteiger partial charge is 0.350 e.